The first kappa shape index (κ1) is 15.7. The Labute approximate surface area is 142 Å². The number of rotatable bonds is 4. The van der Waals surface area contributed by atoms with Crippen LogP contribution >= 0.6 is 23.1 Å². The van der Waals surface area contributed by atoms with Crippen LogP contribution in [0.4, 0.5) is 5.69 Å². The Kier molecular flexibility index (Phi) is 4.18. The number of aryl methyl sites for hydroxylation is 1. The van der Waals surface area contributed by atoms with Crippen LogP contribution in [0.3, 0.4) is 0 Å². The molecular formula is C15H16N4O2S2. The highest BCUT2D eigenvalue weighted by atomic mass is 32.2. The van der Waals surface area contributed by atoms with Gasteiger partial charge in [0, 0.05) is 12.3 Å². The molecule has 0 radical (unpaired) electrons. The van der Waals surface area contributed by atoms with Gasteiger partial charge in [-0.15, -0.1) is 11.3 Å². The van der Waals surface area contributed by atoms with Crippen LogP contribution < -0.4 is 16.0 Å². The molecule has 0 aliphatic carbocycles. The van der Waals surface area contributed by atoms with E-state index >= 15 is 0 Å². The first-order valence-corrected chi connectivity index (χ1v) is 8.66. The number of hydrogen-bond acceptors (Lipinski definition) is 7. The Morgan fingerprint density at radius 1 is 1.39 bits per heavy atom. The Morgan fingerprint density at radius 3 is 2.83 bits per heavy atom. The van der Waals surface area contributed by atoms with Crippen molar-refractivity contribution >= 4 is 40.4 Å². The smallest absolute Gasteiger partial charge is 0.242 e. The Morgan fingerprint density at radius 2 is 2.17 bits per heavy atom. The molecule has 23 heavy (non-hydrogen) atoms. The number of phenols is 1. The molecule has 1 aromatic heterocycles. The fraction of sp³-hybridized carbons (Fsp3) is 0.200. The van der Waals surface area contributed by atoms with Crippen molar-refractivity contribution in [3.8, 4) is 5.75 Å². The Balaban J connectivity index is 1.87. The zero-order valence-corrected chi connectivity index (χ0v) is 14.2. The molecule has 0 bridgehead atoms. The standard InChI is InChI=1S/C15H16N4O2S2/c1-9-14(22-8-16-9)12-7-23-15(19-12,17-10(2)20)18-11-5-3-4-6-13(11)21/h3-8,18-19,21H,1-2H3,(H,17,20). The van der Waals surface area contributed by atoms with Crippen molar-refractivity contribution in [1.29, 1.82) is 0 Å². The number of benzene rings is 1. The summed E-state index contributed by atoms with van der Waals surface area (Å²) in [5.41, 5.74) is 4.12. The molecule has 2 heterocycles. The van der Waals surface area contributed by atoms with Gasteiger partial charge < -0.3 is 21.1 Å². The highest BCUT2D eigenvalue weighted by Crippen LogP contribution is 2.38. The average molecular weight is 348 g/mol. The lowest BCUT2D eigenvalue weighted by molar-refractivity contribution is -0.119. The van der Waals surface area contributed by atoms with Gasteiger partial charge in [-0.2, -0.15) is 0 Å². The van der Waals surface area contributed by atoms with E-state index in [0.717, 1.165) is 16.3 Å². The van der Waals surface area contributed by atoms with Gasteiger partial charge in [0.15, 0.2) is 0 Å². The van der Waals surface area contributed by atoms with Crippen molar-refractivity contribution in [3.63, 3.8) is 0 Å². The van der Waals surface area contributed by atoms with Crippen LogP contribution in [0.1, 0.15) is 17.5 Å². The number of para-hydroxylation sites is 2. The maximum absolute atomic E-state index is 11.6. The molecule has 120 valence electrons. The first-order chi connectivity index (χ1) is 11.0. The fourth-order valence-electron chi connectivity index (χ4n) is 2.24. The molecule has 4 N–H and O–H groups in total. The zero-order chi connectivity index (χ0) is 16.4. The number of hydrogen-bond donors (Lipinski definition) is 4. The van der Waals surface area contributed by atoms with E-state index < -0.39 is 5.12 Å². The quantitative estimate of drug-likeness (QED) is 0.502. The van der Waals surface area contributed by atoms with Gasteiger partial charge >= 0.3 is 0 Å². The van der Waals surface area contributed by atoms with Crippen LogP contribution in [0.2, 0.25) is 0 Å². The number of nitrogens with zero attached hydrogens (tertiary/aromatic N) is 1. The van der Waals surface area contributed by atoms with Crippen molar-refractivity contribution in [3.05, 3.63) is 45.8 Å². The number of anilines is 1. The van der Waals surface area contributed by atoms with Crippen LogP contribution in [0, 0.1) is 6.92 Å². The summed E-state index contributed by atoms with van der Waals surface area (Å²) in [5.74, 6) is -0.0781. The minimum atomic E-state index is -0.962. The number of amides is 1. The van der Waals surface area contributed by atoms with Crippen molar-refractivity contribution in [2.45, 2.75) is 19.0 Å². The number of thiazole rings is 1. The van der Waals surface area contributed by atoms with E-state index in [1.54, 1.807) is 23.7 Å². The van der Waals surface area contributed by atoms with E-state index in [-0.39, 0.29) is 11.7 Å². The molecule has 8 heteroatoms. The summed E-state index contributed by atoms with van der Waals surface area (Å²) in [7, 11) is 0. The summed E-state index contributed by atoms with van der Waals surface area (Å²) < 4.78 is 0. The third-order valence-corrected chi connectivity index (χ3v) is 5.20. The first-order valence-electron chi connectivity index (χ1n) is 6.91. The molecular weight excluding hydrogens is 332 g/mol. The molecule has 1 amide bonds. The highest BCUT2D eigenvalue weighted by Gasteiger charge is 2.37. The maximum atomic E-state index is 11.6. The minimum absolute atomic E-state index is 0.113. The normalized spacial score (nSPS) is 19.8. The number of aromatic nitrogens is 1. The van der Waals surface area contributed by atoms with Crippen molar-refractivity contribution in [2.75, 3.05) is 5.32 Å². The lowest BCUT2D eigenvalue weighted by Crippen LogP contribution is -2.58. The van der Waals surface area contributed by atoms with Crippen molar-refractivity contribution in [1.82, 2.24) is 15.6 Å². The van der Waals surface area contributed by atoms with Crippen molar-refractivity contribution < 1.29 is 9.90 Å². The van der Waals surface area contributed by atoms with Crippen molar-refractivity contribution in [2.24, 2.45) is 0 Å². The summed E-state index contributed by atoms with van der Waals surface area (Å²) in [5, 5.41) is 20.3. The van der Waals surface area contributed by atoms with Gasteiger partial charge in [0.05, 0.1) is 27.5 Å². The van der Waals surface area contributed by atoms with E-state index in [2.05, 4.69) is 20.9 Å². The molecule has 0 saturated carbocycles. The van der Waals surface area contributed by atoms with Gasteiger partial charge in [0.1, 0.15) is 5.75 Å². The third kappa shape index (κ3) is 3.27. The number of phenolic OH excluding ortho intramolecular Hbond substituents is 1. The molecule has 0 fully saturated rings. The highest BCUT2D eigenvalue weighted by molar-refractivity contribution is 8.04. The van der Waals surface area contributed by atoms with Crippen LogP contribution in [-0.4, -0.2) is 21.1 Å². The lowest BCUT2D eigenvalue weighted by Gasteiger charge is -2.32. The molecule has 3 rings (SSSR count). The van der Waals surface area contributed by atoms with Gasteiger partial charge in [-0.05, 0) is 19.1 Å². The van der Waals surface area contributed by atoms with Crippen LogP contribution in [0.15, 0.2) is 35.2 Å². The molecule has 1 aliphatic heterocycles. The largest absolute Gasteiger partial charge is 0.506 e. The maximum Gasteiger partial charge on any atom is 0.242 e. The SMILES string of the molecule is CC(=O)NC1(Nc2ccccc2O)NC(c2scnc2C)=CS1. The van der Waals surface area contributed by atoms with E-state index in [1.165, 1.54) is 30.0 Å². The van der Waals surface area contributed by atoms with Crippen LogP contribution in [0.5, 0.6) is 5.75 Å². The number of carbonyl (C=O) groups excluding carboxylic acids is 1. The summed E-state index contributed by atoms with van der Waals surface area (Å²) in [6.07, 6.45) is 0. The van der Waals surface area contributed by atoms with Gasteiger partial charge in [-0.1, -0.05) is 23.9 Å². The average Bonchev–Trinajstić information content (AvgIpc) is 3.08. The second-order valence-electron chi connectivity index (χ2n) is 5.05. The number of nitrogens with one attached hydrogen (secondary N) is 3. The van der Waals surface area contributed by atoms with Gasteiger partial charge in [-0.25, -0.2) is 4.98 Å². The molecule has 1 unspecified atom stereocenters. The molecule has 1 aromatic carbocycles. The third-order valence-electron chi connectivity index (χ3n) is 3.22. The molecule has 1 atom stereocenters. The predicted molar refractivity (Wildman–Crippen MR) is 93.8 cm³/mol. The second kappa shape index (κ2) is 6.13. The fourth-order valence-corrected chi connectivity index (χ4v) is 4.10. The number of thioether (sulfide) groups is 1. The van der Waals surface area contributed by atoms with E-state index in [0.29, 0.717) is 5.69 Å². The minimum Gasteiger partial charge on any atom is -0.506 e. The Bertz CT molecular complexity index is 774. The summed E-state index contributed by atoms with van der Waals surface area (Å²) in [4.78, 5) is 16.9. The molecule has 1 aliphatic rings. The summed E-state index contributed by atoms with van der Waals surface area (Å²) >= 11 is 2.92. The second-order valence-corrected chi connectivity index (χ2v) is 6.98. The van der Waals surface area contributed by atoms with Gasteiger partial charge in [0.2, 0.25) is 11.0 Å². The molecule has 6 nitrogen and oxygen atoms in total. The summed E-state index contributed by atoms with van der Waals surface area (Å²) in [6, 6.07) is 6.89. The Hall–Kier alpha value is -2.19. The van der Waals surface area contributed by atoms with Crippen LogP contribution in [-0.2, 0) is 4.79 Å². The predicted octanol–water partition coefficient (Wildman–Crippen LogP) is 2.65. The topological polar surface area (TPSA) is 86.3 Å². The van der Waals surface area contributed by atoms with Crippen LogP contribution in [0.25, 0.3) is 5.70 Å². The molecule has 2 aromatic rings. The zero-order valence-electron chi connectivity index (χ0n) is 12.6. The van der Waals surface area contributed by atoms with E-state index in [4.69, 9.17) is 0 Å². The lowest BCUT2D eigenvalue weighted by atomic mass is 10.3. The van der Waals surface area contributed by atoms with E-state index in [1.807, 2.05) is 18.4 Å². The summed E-state index contributed by atoms with van der Waals surface area (Å²) in [6.45, 7) is 3.39. The molecule has 0 saturated heterocycles. The number of aromatic hydroxyl groups is 1. The van der Waals surface area contributed by atoms with Gasteiger partial charge in [0.25, 0.3) is 0 Å². The van der Waals surface area contributed by atoms with Gasteiger partial charge in [-0.3, -0.25) is 4.79 Å². The molecule has 0 spiro atoms. The number of carbonyl (C=O) groups is 1. The monoisotopic (exact) mass is 348 g/mol. The van der Waals surface area contributed by atoms with E-state index in [9.17, 15) is 9.90 Å².